The summed E-state index contributed by atoms with van der Waals surface area (Å²) in [7, 11) is 2.29. The van der Waals surface area contributed by atoms with Gasteiger partial charge in [-0.05, 0) is 52.4 Å². The van der Waals surface area contributed by atoms with Crippen molar-refractivity contribution < 1.29 is 0 Å². The number of hydrogen-bond acceptors (Lipinski definition) is 2. The predicted octanol–water partition coefficient (Wildman–Crippen LogP) is 2.81. The van der Waals surface area contributed by atoms with E-state index in [4.69, 9.17) is 0 Å². The minimum Gasteiger partial charge on any atom is -0.316 e. The van der Waals surface area contributed by atoms with Crippen molar-refractivity contribution in [3.63, 3.8) is 0 Å². The molecule has 0 atom stereocenters. The molecule has 1 aliphatic rings. The van der Waals surface area contributed by atoms with Gasteiger partial charge in [0.1, 0.15) is 0 Å². The van der Waals surface area contributed by atoms with Gasteiger partial charge in [-0.25, -0.2) is 0 Å². The van der Waals surface area contributed by atoms with E-state index in [1.807, 2.05) is 6.08 Å². The summed E-state index contributed by atoms with van der Waals surface area (Å²) in [6, 6.07) is 0.863. The van der Waals surface area contributed by atoms with Crippen LogP contribution in [0.25, 0.3) is 0 Å². The zero-order valence-corrected chi connectivity index (χ0v) is 10.9. The zero-order valence-electron chi connectivity index (χ0n) is 10.9. The third kappa shape index (κ3) is 5.66. The van der Waals surface area contributed by atoms with Gasteiger partial charge in [0.25, 0.3) is 0 Å². The highest BCUT2D eigenvalue weighted by Crippen LogP contribution is 2.21. The molecule has 1 rings (SSSR count). The van der Waals surface area contributed by atoms with E-state index in [0.29, 0.717) is 0 Å². The van der Waals surface area contributed by atoms with Crippen LogP contribution in [0.5, 0.6) is 0 Å². The Morgan fingerprint density at radius 3 is 2.69 bits per heavy atom. The van der Waals surface area contributed by atoms with E-state index in [0.717, 1.165) is 25.6 Å². The molecule has 0 heterocycles. The fourth-order valence-electron chi connectivity index (χ4n) is 2.49. The van der Waals surface area contributed by atoms with Gasteiger partial charge in [0.2, 0.25) is 0 Å². The first-order valence-corrected chi connectivity index (χ1v) is 6.86. The molecule has 0 unspecified atom stereocenters. The minimum atomic E-state index is 0.863. The van der Waals surface area contributed by atoms with Crippen molar-refractivity contribution in [1.82, 2.24) is 10.2 Å². The summed E-state index contributed by atoms with van der Waals surface area (Å²) in [5, 5.41) is 3.45. The average Bonchev–Trinajstić information content (AvgIpc) is 2.34. The number of rotatable bonds is 8. The zero-order chi connectivity index (χ0) is 11.6. The van der Waals surface area contributed by atoms with Gasteiger partial charge >= 0.3 is 0 Å². The average molecular weight is 224 g/mol. The Kier molecular flexibility index (Phi) is 7.52. The van der Waals surface area contributed by atoms with Crippen molar-refractivity contribution in [3.05, 3.63) is 12.7 Å². The summed E-state index contributed by atoms with van der Waals surface area (Å²) in [6.07, 6.45) is 11.5. The van der Waals surface area contributed by atoms with Crippen molar-refractivity contribution in [2.75, 3.05) is 26.7 Å². The summed E-state index contributed by atoms with van der Waals surface area (Å²) in [4.78, 5) is 2.56. The predicted molar refractivity (Wildman–Crippen MR) is 71.8 cm³/mol. The first-order chi connectivity index (χ1) is 7.84. The summed E-state index contributed by atoms with van der Waals surface area (Å²) >= 11 is 0. The van der Waals surface area contributed by atoms with Crippen molar-refractivity contribution >= 4 is 0 Å². The lowest BCUT2D eigenvalue weighted by Gasteiger charge is -2.31. The molecule has 0 aromatic rings. The van der Waals surface area contributed by atoms with Crippen molar-refractivity contribution in [3.8, 4) is 0 Å². The molecule has 16 heavy (non-hydrogen) atoms. The highest BCUT2D eigenvalue weighted by atomic mass is 15.1. The maximum Gasteiger partial charge on any atom is 0.00922 e. The Labute approximate surface area is 101 Å². The van der Waals surface area contributed by atoms with E-state index in [1.165, 1.54) is 45.1 Å². The molecule has 0 amide bonds. The Morgan fingerprint density at radius 1 is 1.25 bits per heavy atom. The third-order valence-corrected chi connectivity index (χ3v) is 3.59. The number of nitrogens with one attached hydrogen (secondary N) is 1. The van der Waals surface area contributed by atoms with Crippen LogP contribution < -0.4 is 5.32 Å². The molecule has 2 heteroatoms. The van der Waals surface area contributed by atoms with Crippen LogP contribution in [0.4, 0.5) is 0 Å². The van der Waals surface area contributed by atoms with Gasteiger partial charge in [-0.3, -0.25) is 0 Å². The molecule has 0 aromatic heterocycles. The van der Waals surface area contributed by atoms with Crippen LogP contribution in [0.3, 0.4) is 0 Å². The lowest BCUT2D eigenvalue weighted by molar-refractivity contribution is 0.189. The second kappa shape index (κ2) is 8.77. The van der Waals surface area contributed by atoms with Crippen LogP contribution in [0.1, 0.15) is 44.9 Å². The van der Waals surface area contributed by atoms with Gasteiger partial charge in [0.05, 0.1) is 0 Å². The van der Waals surface area contributed by atoms with E-state index in [1.54, 1.807) is 0 Å². The fourth-order valence-corrected chi connectivity index (χ4v) is 2.49. The maximum atomic E-state index is 3.72. The molecule has 1 N–H and O–H groups in total. The molecule has 0 aromatic carbocycles. The molecule has 0 radical (unpaired) electrons. The van der Waals surface area contributed by atoms with Crippen LogP contribution in [-0.2, 0) is 0 Å². The molecular weight excluding hydrogens is 196 g/mol. The number of hydrogen-bond donors (Lipinski definition) is 1. The van der Waals surface area contributed by atoms with E-state index >= 15 is 0 Å². The lowest BCUT2D eigenvalue weighted by Crippen LogP contribution is -2.35. The monoisotopic (exact) mass is 224 g/mol. The Balaban J connectivity index is 1.96. The molecule has 1 aliphatic carbocycles. The van der Waals surface area contributed by atoms with Crippen LogP contribution in [-0.4, -0.2) is 37.6 Å². The summed E-state index contributed by atoms with van der Waals surface area (Å²) in [5.41, 5.74) is 0. The highest BCUT2D eigenvalue weighted by molar-refractivity contribution is 4.73. The topological polar surface area (TPSA) is 15.3 Å². The number of nitrogens with zero attached hydrogens (tertiary/aromatic N) is 1. The van der Waals surface area contributed by atoms with Crippen molar-refractivity contribution in [1.29, 1.82) is 0 Å². The quantitative estimate of drug-likeness (QED) is 0.504. The van der Waals surface area contributed by atoms with Gasteiger partial charge in [0, 0.05) is 6.04 Å². The van der Waals surface area contributed by atoms with Gasteiger partial charge in [-0.1, -0.05) is 25.3 Å². The van der Waals surface area contributed by atoms with Gasteiger partial charge < -0.3 is 10.2 Å². The van der Waals surface area contributed by atoms with Crippen LogP contribution in [0.15, 0.2) is 12.7 Å². The third-order valence-electron chi connectivity index (χ3n) is 3.59. The first kappa shape index (κ1) is 13.7. The Bertz CT molecular complexity index is 174. The molecule has 0 aliphatic heterocycles. The SMILES string of the molecule is C=CCCNCCCN(C)C1CCCCC1. The molecule has 1 saturated carbocycles. The molecule has 0 spiro atoms. The standard InChI is InChI=1S/C14H28N2/c1-3-4-11-15-12-8-13-16(2)14-9-6-5-7-10-14/h3,14-15H,1,4-13H2,2H3. The van der Waals surface area contributed by atoms with E-state index in [-0.39, 0.29) is 0 Å². The fraction of sp³-hybridized carbons (Fsp3) is 0.857. The van der Waals surface area contributed by atoms with Gasteiger partial charge in [0.15, 0.2) is 0 Å². The molecule has 0 bridgehead atoms. The summed E-state index contributed by atoms with van der Waals surface area (Å²) in [5.74, 6) is 0. The van der Waals surface area contributed by atoms with E-state index < -0.39 is 0 Å². The van der Waals surface area contributed by atoms with Crippen LogP contribution in [0.2, 0.25) is 0 Å². The molecule has 94 valence electrons. The second-order valence-corrected chi connectivity index (χ2v) is 4.95. The van der Waals surface area contributed by atoms with Crippen molar-refractivity contribution in [2.24, 2.45) is 0 Å². The second-order valence-electron chi connectivity index (χ2n) is 4.95. The van der Waals surface area contributed by atoms with E-state index in [9.17, 15) is 0 Å². The van der Waals surface area contributed by atoms with Crippen LogP contribution in [0, 0.1) is 0 Å². The van der Waals surface area contributed by atoms with Gasteiger partial charge in [-0.2, -0.15) is 0 Å². The lowest BCUT2D eigenvalue weighted by atomic mass is 9.94. The molecular formula is C14H28N2. The molecule has 0 saturated heterocycles. The van der Waals surface area contributed by atoms with Crippen LogP contribution >= 0.6 is 0 Å². The smallest absolute Gasteiger partial charge is 0.00922 e. The Hall–Kier alpha value is -0.340. The first-order valence-electron chi connectivity index (χ1n) is 6.86. The molecule has 2 nitrogen and oxygen atoms in total. The van der Waals surface area contributed by atoms with Crippen molar-refractivity contribution in [2.45, 2.75) is 51.0 Å². The maximum absolute atomic E-state index is 3.72. The summed E-state index contributed by atoms with van der Waals surface area (Å²) < 4.78 is 0. The van der Waals surface area contributed by atoms with E-state index in [2.05, 4.69) is 23.8 Å². The highest BCUT2D eigenvalue weighted by Gasteiger charge is 2.16. The largest absolute Gasteiger partial charge is 0.316 e. The minimum absolute atomic E-state index is 0.863. The Morgan fingerprint density at radius 2 is 2.00 bits per heavy atom. The van der Waals surface area contributed by atoms with Gasteiger partial charge in [-0.15, -0.1) is 6.58 Å². The normalized spacial score (nSPS) is 17.9. The summed E-state index contributed by atoms with van der Waals surface area (Å²) in [6.45, 7) is 7.19. The molecule has 1 fully saturated rings.